The Hall–Kier alpha value is -1.07. The van der Waals surface area contributed by atoms with Gasteiger partial charge in [-0.2, -0.15) is 0 Å². The number of benzene rings is 1. The van der Waals surface area contributed by atoms with Gasteiger partial charge in [-0.3, -0.25) is 0 Å². The van der Waals surface area contributed by atoms with Gasteiger partial charge in [-0.25, -0.2) is 13.2 Å². The Morgan fingerprint density at radius 3 is 2.41 bits per heavy atom. The standard InChI is InChI=1S/C12H16F3NO/c1-3-4-9(17-2)12(16)7-5-6-8(13)11(15)10(7)14/h5-6,9,12H,3-4,16H2,1-2H3. The second kappa shape index (κ2) is 6.02. The Kier molecular flexibility index (Phi) is 4.96. The van der Waals surface area contributed by atoms with Crippen molar-refractivity contribution in [1.29, 1.82) is 0 Å². The first kappa shape index (κ1) is 14.0. The van der Waals surface area contributed by atoms with Gasteiger partial charge < -0.3 is 10.5 Å². The minimum atomic E-state index is -1.50. The lowest BCUT2D eigenvalue weighted by atomic mass is 9.98. The topological polar surface area (TPSA) is 35.2 Å². The van der Waals surface area contributed by atoms with Crippen molar-refractivity contribution in [3.63, 3.8) is 0 Å². The molecule has 0 aromatic heterocycles. The first-order valence-corrected chi connectivity index (χ1v) is 5.44. The summed E-state index contributed by atoms with van der Waals surface area (Å²) in [7, 11) is 1.46. The zero-order chi connectivity index (χ0) is 13.0. The minimum absolute atomic E-state index is 0.0656. The monoisotopic (exact) mass is 247 g/mol. The summed E-state index contributed by atoms with van der Waals surface area (Å²) < 4.78 is 44.4. The van der Waals surface area contributed by atoms with Gasteiger partial charge >= 0.3 is 0 Å². The van der Waals surface area contributed by atoms with Crippen LogP contribution in [0.4, 0.5) is 13.2 Å². The molecule has 2 N–H and O–H groups in total. The van der Waals surface area contributed by atoms with Crippen LogP contribution in [0.5, 0.6) is 0 Å². The number of rotatable bonds is 5. The van der Waals surface area contributed by atoms with E-state index in [0.717, 1.165) is 18.6 Å². The molecule has 0 heterocycles. The Bertz CT molecular complexity index is 384. The van der Waals surface area contributed by atoms with E-state index >= 15 is 0 Å². The number of ether oxygens (including phenoxy) is 1. The molecule has 2 nitrogen and oxygen atoms in total. The van der Waals surface area contributed by atoms with Gasteiger partial charge in [0.25, 0.3) is 0 Å². The molecular weight excluding hydrogens is 231 g/mol. The van der Waals surface area contributed by atoms with Crippen LogP contribution in [0.3, 0.4) is 0 Å². The summed E-state index contributed by atoms with van der Waals surface area (Å²) in [6, 6.07) is 1.21. The summed E-state index contributed by atoms with van der Waals surface area (Å²) in [5.74, 6) is -3.96. The van der Waals surface area contributed by atoms with Gasteiger partial charge in [0.15, 0.2) is 17.5 Å². The maximum absolute atomic E-state index is 13.5. The van der Waals surface area contributed by atoms with E-state index in [4.69, 9.17) is 10.5 Å². The van der Waals surface area contributed by atoms with Crippen molar-refractivity contribution >= 4 is 0 Å². The SMILES string of the molecule is CCCC(OC)C(N)c1ccc(F)c(F)c1F. The quantitative estimate of drug-likeness (QED) is 0.812. The van der Waals surface area contributed by atoms with Crippen LogP contribution in [-0.4, -0.2) is 13.2 Å². The molecule has 1 rings (SSSR count). The molecule has 0 aliphatic heterocycles. The second-order valence-electron chi connectivity index (χ2n) is 3.85. The van der Waals surface area contributed by atoms with Gasteiger partial charge in [0.1, 0.15) is 0 Å². The van der Waals surface area contributed by atoms with Crippen molar-refractivity contribution in [1.82, 2.24) is 0 Å². The number of halogens is 3. The highest BCUT2D eigenvalue weighted by Crippen LogP contribution is 2.25. The average molecular weight is 247 g/mol. The van der Waals surface area contributed by atoms with Gasteiger partial charge in [-0.15, -0.1) is 0 Å². The summed E-state index contributed by atoms with van der Waals surface area (Å²) >= 11 is 0. The molecule has 2 unspecified atom stereocenters. The lowest BCUT2D eigenvalue weighted by Crippen LogP contribution is -2.29. The summed E-state index contributed by atoms with van der Waals surface area (Å²) in [6.45, 7) is 1.93. The van der Waals surface area contributed by atoms with Crippen LogP contribution in [0.15, 0.2) is 12.1 Å². The molecule has 5 heteroatoms. The van der Waals surface area contributed by atoms with E-state index in [1.807, 2.05) is 6.92 Å². The van der Waals surface area contributed by atoms with Crippen molar-refractivity contribution in [2.24, 2.45) is 5.73 Å². The van der Waals surface area contributed by atoms with E-state index in [0.29, 0.717) is 6.42 Å². The Morgan fingerprint density at radius 2 is 1.88 bits per heavy atom. The van der Waals surface area contributed by atoms with Crippen LogP contribution in [-0.2, 0) is 4.74 Å². The van der Waals surface area contributed by atoms with Crippen molar-refractivity contribution in [3.8, 4) is 0 Å². The fourth-order valence-electron chi connectivity index (χ4n) is 1.73. The highest BCUT2D eigenvalue weighted by Gasteiger charge is 2.24. The van der Waals surface area contributed by atoms with Gasteiger partial charge in [-0.05, 0) is 12.5 Å². The lowest BCUT2D eigenvalue weighted by molar-refractivity contribution is 0.0712. The highest BCUT2D eigenvalue weighted by atomic mass is 19.2. The van der Waals surface area contributed by atoms with Gasteiger partial charge in [0, 0.05) is 12.7 Å². The fraction of sp³-hybridized carbons (Fsp3) is 0.500. The fourth-order valence-corrected chi connectivity index (χ4v) is 1.73. The molecule has 0 aliphatic carbocycles. The van der Waals surface area contributed by atoms with E-state index in [2.05, 4.69) is 0 Å². The molecule has 0 radical (unpaired) electrons. The van der Waals surface area contributed by atoms with E-state index in [-0.39, 0.29) is 5.56 Å². The largest absolute Gasteiger partial charge is 0.379 e. The average Bonchev–Trinajstić information content (AvgIpc) is 2.32. The third kappa shape index (κ3) is 2.98. The second-order valence-corrected chi connectivity index (χ2v) is 3.85. The summed E-state index contributed by atoms with van der Waals surface area (Å²) in [4.78, 5) is 0. The predicted octanol–water partition coefficient (Wildman–Crippen LogP) is 2.92. The van der Waals surface area contributed by atoms with Crippen molar-refractivity contribution in [2.75, 3.05) is 7.11 Å². The molecule has 0 spiro atoms. The van der Waals surface area contributed by atoms with Crippen LogP contribution < -0.4 is 5.73 Å². The molecule has 0 saturated heterocycles. The highest BCUT2D eigenvalue weighted by molar-refractivity contribution is 5.24. The van der Waals surface area contributed by atoms with Crippen molar-refractivity contribution < 1.29 is 17.9 Å². The number of hydrogen-bond acceptors (Lipinski definition) is 2. The zero-order valence-corrected chi connectivity index (χ0v) is 9.84. The number of hydrogen-bond donors (Lipinski definition) is 1. The summed E-state index contributed by atoms with van der Waals surface area (Å²) in [5.41, 5.74) is 5.74. The van der Waals surface area contributed by atoms with Crippen molar-refractivity contribution in [2.45, 2.75) is 31.9 Å². The summed E-state index contributed by atoms with van der Waals surface area (Å²) in [5, 5.41) is 0. The van der Waals surface area contributed by atoms with Crippen LogP contribution in [0.2, 0.25) is 0 Å². The van der Waals surface area contributed by atoms with Crippen molar-refractivity contribution in [3.05, 3.63) is 35.1 Å². The molecule has 0 fully saturated rings. The Balaban J connectivity index is 3.03. The molecule has 96 valence electrons. The van der Waals surface area contributed by atoms with Gasteiger partial charge in [0.05, 0.1) is 12.1 Å². The molecular formula is C12H16F3NO. The molecule has 2 atom stereocenters. The molecule has 17 heavy (non-hydrogen) atoms. The number of methoxy groups -OCH3 is 1. The van der Waals surface area contributed by atoms with Gasteiger partial charge in [-0.1, -0.05) is 19.4 Å². The molecule has 0 aliphatic rings. The normalized spacial score (nSPS) is 14.7. The number of nitrogens with two attached hydrogens (primary N) is 1. The van der Waals surface area contributed by atoms with Crippen LogP contribution in [0.25, 0.3) is 0 Å². The van der Waals surface area contributed by atoms with Crippen LogP contribution in [0.1, 0.15) is 31.4 Å². The van der Waals surface area contributed by atoms with E-state index in [1.165, 1.54) is 7.11 Å². The molecule has 1 aromatic carbocycles. The van der Waals surface area contributed by atoms with E-state index in [9.17, 15) is 13.2 Å². The third-order valence-electron chi connectivity index (χ3n) is 2.70. The first-order valence-electron chi connectivity index (χ1n) is 5.44. The van der Waals surface area contributed by atoms with Crippen LogP contribution >= 0.6 is 0 Å². The third-order valence-corrected chi connectivity index (χ3v) is 2.70. The minimum Gasteiger partial charge on any atom is -0.379 e. The van der Waals surface area contributed by atoms with Crippen LogP contribution in [0, 0.1) is 17.5 Å². The predicted molar refractivity (Wildman–Crippen MR) is 58.9 cm³/mol. The molecule has 0 bridgehead atoms. The Labute approximate surface area is 98.6 Å². The molecule has 0 amide bonds. The Morgan fingerprint density at radius 1 is 1.24 bits per heavy atom. The van der Waals surface area contributed by atoms with Gasteiger partial charge in [0.2, 0.25) is 0 Å². The first-order chi connectivity index (χ1) is 8.02. The van der Waals surface area contributed by atoms with E-state index < -0.39 is 29.6 Å². The zero-order valence-electron chi connectivity index (χ0n) is 9.84. The molecule has 0 saturated carbocycles. The maximum Gasteiger partial charge on any atom is 0.194 e. The summed E-state index contributed by atoms with van der Waals surface area (Å²) in [6.07, 6.45) is 1.01. The van der Waals surface area contributed by atoms with E-state index in [1.54, 1.807) is 0 Å². The lowest BCUT2D eigenvalue weighted by Gasteiger charge is -2.23. The smallest absolute Gasteiger partial charge is 0.194 e. The molecule has 1 aromatic rings. The maximum atomic E-state index is 13.5.